The number of hydrogen-bond donors (Lipinski definition) is 1. The third kappa shape index (κ3) is 4.83. The molecule has 2 aliphatic heterocycles. The first kappa shape index (κ1) is 29.8. The Bertz CT molecular complexity index is 1780. The van der Waals surface area contributed by atoms with Crippen molar-refractivity contribution in [3.05, 3.63) is 54.0 Å². The molecule has 1 N–H and O–H groups in total. The summed E-state index contributed by atoms with van der Waals surface area (Å²) in [6, 6.07) is 3.94. The zero-order valence-corrected chi connectivity index (χ0v) is 25.2. The number of nitrogens with one attached hydrogen (secondary N) is 1. The zero-order valence-electron chi connectivity index (χ0n) is 25.2. The number of aromatic nitrogens is 4. The molecular weight excluding hydrogens is 576 g/mol. The van der Waals surface area contributed by atoms with Gasteiger partial charge in [-0.3, -0.25) is 9.89 Å². The van der Waals surface area contributed by atoms with Crippen molar-refractivity contribution in [1.29, 1.82) is 0 Å². The molecule has 0 saturated carbocycles. The third-order valence-electron chi connectivity index (χ3n) is 8.88. The number of benzene rings is 2. The topological polar surface area (TPSA) is 84.5 Å². The zero-order chi connectivity index (χ0) is 31.7. The molecule has 9 nitrogen and oxygen atoms in total. The van der Waals surface area contributed by atoms with E-state index in [0.717, 1.165) is 6.07 Å². The molecule has 0 aliphatic carbocycles. The molecule has 44 heavy (non-hydrogen) atoms. The summed E-state index contributed by atoms with van der Waals surface area (Å²) in [5, 5.41) is 7.11. The first-order chi connectivity index (χ1) is 20.8. The number of hydrogen-bond acceptors (Lipinski definition) is 7. The third-order valence-corrected chi connectivity index (χ3v) is 8.88. The molecule has 4 aromatic rings. The summed E-state index contributed by atoms with van der Waals surface area (Å²) < 4.78 is 61.5. The molecular formula is C31H34F4N8O. The van der Waals surface area contributed by atoms with Gasteiger partial charge in [-0.25, -0.2) is 9.37 Å². The maximum Gasteiger partial charge on any atom is 0.417 e. The van der Waals surface area contributed by atoms with Crippen LogP contribution >= 0.6 is 0 Å². The van der Waals surface area contributed by atoms with E-state index in [2.05, 4.69) is 26.7 Å². The molecule has 2 aliphatic rings. The van der Waals surface area contributed by atoms with E-state index in [1.807, 2.05) is 37.7 Å². The van der Waals surface area contributed by atoms with Crippen LogP contribution in [0.3, 0.4) is 0 Å². The molecule has 232 valence electrons. The second-order valence-corrected chi connectivity index (χ2v) is 12.0. The van der Waals surface area contributed by atoms with Gasteiger partial charge in [-0.15, -0.1) is 0 Å². The van der Waals surface area contributed by atoms with E-state index in [9.17, 15) is 18.0 Å². The first-order valence-electron chi connectivity index (χ1n) is 14.5. The minimum atomic E-state index is -4.89. The summed E-state index contributed by atoms with van der Waals surface area (Å²) in [5.74, 6) is -0.843. The molecule has 6 rings (SSSR count). The number of aryl methyl sites for hydroxylation is 1. The fourth-order valence-corrected chi connectivity index (χ4v) is 6.28. The van der Waals surface area contributed by atoms with Crippen molar-refractivity contribution in [2.75, 3.05) is 50.1 Å². The van der Waals surface area contributed by atoms with Gasteiger partial charge in [0.25, 0.3) is 0 Å². The van der Waals surface area contributed by atoms with Crippen LogP contribution < -0.4 is 9.80 Å². The number of rotatable bonds is 5. The average molecular weight is 611 g/mol. The minimum Gasteiger partial charge on any atom is -0.349 e. The molecule has 0 spiro atoms. The largest absolute Gasteiger partial charge is 0.417 e. The molecule has 4 heterocycles. The van der Waals surface area contributed by atoms with Crippen LogP contribution in [0.1, 0.15) is 25.0 Å². The van der Waals surface area contributed by atoms with Crippen molar-refractivity contribution >= 4 is 39.5 Å². The molecule has 1 amide bonds. The predicted molar refractivity (Wildman–Crippen MR) is 162 cm³/mol. The molecule has 2 aromatic carbocycles. The van der Waals surface area contributed by atoms with Crippen LogP contribution in [-0.2, 0) is 11.0 Å². The van der Waals surface area contributed by atoms with E-state index < -0.39 is 23.1 Å². The smallest absolute Gasteiger partial charge is 0.349 e. The van der Waals surface area contributed by atoms with Gasteiger partial charge in [0.2, 0.25) is 11.9 Å². The minimum absolute atomic E-state index is 0.0356. The SMILES string of the molecule is C=CC(=O)N1C[C@H](C)N(c2nc(N3CC(N(C)C)C3)nc3c(F)c(-c4c(C)ccc5[nH]ncc45)c(C(F)(F)F)cc23)C[C@H]1C. The van der Waals surface area contributed by atoms with Crippen LogP contribution in [0.15, 0.2) is 37.1 Å². The summed E-state index contributed by atoms with van der Waals surface area (Å²) in [4.78, 5) is 29.4. The Balaban J connectivity index is 1.61. The summed E-state index contributed by atoms with van der Waals surface area (Å²) in [6.45, 7) is 10.7. The number of nitrogens with zero attached hydrogens (tertiary/aromatic N) is 7. The maximum absolute atomic E-state index is 16.9. The predicted octanol–water partition coefficient (Wildman–Crippen LogP) is 5.00. The fraction of sp³-hybridized carbons (Fsp3) is 0.419. The van der Waals surface area contributed by atoms with E-state index in [4.69, 9.17) is 4.98 Å². The molecule has 2 fully saturated rings. The molecule has 13 heteroatoms. The number of carbonyl (C=O) groups excluding carboxylic acids is 1. The monoisotopic (exact) mass is 610 g/mol. The van der Waals surface area contributed by atoms with Gasteiger partial charge in [0.15, 0.2) is 5.82 Å². The van der Waals surface area contributed by atoms with Crippen molar-refractivity contribution in [3.63, 3.8) is 0 Å². The van der Waals surface area contributed by atoms with Gasteiger partial charge in [-0.05, 0) is 64.2 Å². The van der Waals surface area contributed by atoms with Crippen molar-refractivity contribution in [2.45, 2.75) is 45.1 Å². The number of aromatic amines is 1. The lowest BCUT2D eigenvalue weighted by molar-refractivity contribution is -0.137. The number of piperazine rings is 1. The van der Waals surface area contributed by atoms with Gasteiger partial charge in [0.1, 0.15) is 11.3 Å². The quantitative estimate of drug-likeness (QED) is 0.252. The average Bonchev–Trinajstić information content (AvgIpc) is 3.41. The number of H-pyrrole nitrogens is 1. The summed E-state index contributed by atoms with van der Waals surface area (Å²) in [6.07, 6.45) is -2.23. The number of halogens is 4. The van der Waals surface area contributed by atoms with Gasteiger partial charge in [0.05, 0.1) is 17.3 Å². The highest BCUT2D eigenvalue weighted by molar-refractivity contribution is 6.02. The van der Waals surface area contributed by atoms with Crippen LogP contribution in [0.2, 0.25) is 0 Å². The van der Waals surface area contributed by atoms with Crippen molar-refractivity contribution in [3.8, 4) is 11.1 Å². The maximum atomic E-state index is 16.9. The highest BCUT2D eigenvalue weighted by Gasteiger charge is 2.40. The number of anilines is 2. The number of alkyl halides is 3. The Labute approximate surface area is 252 Å². The summed E-state index contributed by atoms with van der Waals surface area (Å²) in [5.41, 5.74) is -0.797. The fourth-order valence-electron chi connectivity index (χ4n) is 6.28. The molecule has 2 atom stereocenters. The van der Waals surface area contributed by atoms with Crippen LogP contribution in [0.25, 0.3) is 32.9 Å². The summed E-state index contributed by atoms with van der Waals surface area (Å²) in [7, 11) is 3.93. The first-order valence-corrected chi connectivity index (χ1v) is 14.5. The van der Waals surface area contributed by atoms with Gasteiger partial charge in [0, 0.05) is 60.6 Å². The highest BCUT2D eigenvalue weighted by atomic mass is 19.4. The highest BCUT2D eigenvalue weighted by Crippen LogP contribution is 2.46. The number of carbonyl (C=O) groups is 1. The lowest BCUT2D eigenvalue weighted by Crippen LogP contribution is -2.59. The lowest BCUT2D eigenvalue weighted by atomic mass is 9.91. The second kappa shape index (κ2) is 10.7. The van der Waals surface area contributed by atoms with Gasteiger partial charge < -0.3 is 19.6 Å². The van der Waals surface area contributed by atoms with Crippen LogP contribution in [0.5, 0.6) is 0 Å². The second-order valence-electron chi connectivity index (χ2n) is 12.0. The standard InChI is InChI=1S/C31H34F4N8O/c1-7-24(44)42-12-18(4)43(13-17(42)3)29-20-10-22(31(33,34)35)26(25-16(2)8-9-23-21(25)11-36-39-23)27(32)28(20)37-30(38-29)41-14-19(15-41)40(5)6/h7-11,17-19H,1,12-15H2,2-6H3,(H,36,39)/t17-,18+/m1/s1. The van der Waals surface area contributed by atoms with Crippen LogP contribution in [0.4, 0.5) is 29.3 Å². The molecule has 0 bridgehead atoms. The van der Waals surface area contributed by atoms with E-state index in [0.29, 0.717) is 36.1 Å². The van der Waals surface area contributed by atoms with Gasteiger partial charge in [-0.1, -0.05) is 12.6 Å². The Kier molecular flexibility index (Phi) is 7.26. The van der Waals surface area contributed by atoms with Gasteiger partial charge >= 0.3 is 6.18 Å². The number of amides is 1. The Morgan fingerprint density at radius 3 is 2.45 bits per heavy atom. The van der Waals surface area contributed by atoms with E-state index >= 15 is 4.39 Å². The van der Waals surface area contributed by atoms with Gasteiger partial charge in [-0.2, -0.15) is 23.3 Å². The normalized spacial score (nSPS) is 19.7. The van der Waals surface area contributed by atoms with Crippen molar-refractivity contribution in [2.24, 2.45) is 0 Å². The molecule has 2 saturated heterocycles. The van der Waals surface area contributed by atoms with E-state index in [1.54, 1.807) is 24.0 Å². The summed E-state index contributed by atoms with van der Waals surface area (Å²) >= 11 is 0. The van der Waals surface area contributed by atoms with E-state index in [1.165, 1.54) is 12.3 Å². The lowest BCUT2D eigenvalue weighted by Gasteiger charge is -2.45. The van der Waals surface area contributed by atoms with Crippen LogP contribution in [0, 0.1) is 12.7 Å². The molecule has 0 unspecified atom stereocenters. The van der Waals surface area contributed by atoms with Crippen LogP contribution in [-0.4, -0.2) is 94.3 Å². The number of likely N-dealkylation sites (N-methyl/N-ethyl adjacent to an activating group) is 1. The Morgan fingerprint density at radius 2 is 1.80 bits per heavy atom. The number of fused-ring (bicyclic) bond motifs is 2. The van der Waals surface area contributed by atoms with E-state index in [-0.39, 0.29) is 58.8 Å². The Morgan fingerprint density at radius 1 is 1.07 bits per heavy atom. The molecule has 0 radical (unpaired) electrons. The Hall–Kier alpha value is -4.26. The molecule has 2 aromatic heterocycles. The van der Waals surface area contributed by atoms with Crippen molar-refractivity contribution in [1.82, 2.24) is 30.0 Å². The van der Waals surface area contributed by atoms with Crippen molar-refractivity contribution < 1.29 is 22.4 Å².